The molecule has 0 saturated heterocycles. The summed E-state index contributed by atoms with van der Waals surface area (Å²) in [6.07, 6.45) is 0. The van der Waals surface area contributed by atoms with E-state index >= 15 is 0 Å². The van der Waals surface area contributed by atoms with Crippen LogP contribution in [0.25, 0.3) is 17.1 Å². The van der Waals surface area contributed by atoms with Gasteiger partial charge in [0.2, 0.25) is 0 Å². The monoisotopic (exact) mass is 251 g/mol. The number of aromatic nitrogens is 3. The lowest BCUT2D eigenvalue weighted by atomic mass is 10.2. The van der Waals surface area contributed by atoms with Crippen molar-refractivity contribution in [2.75, 3.05) is 0 Å². The molecule has 3 aromatic rings. The Hall–Kier alpha value is -2.62. The predicted octanol–water partition coefficient (Wildman–Crippen LogP) is 2.54. The third kappa shape index (κ3) is 2.08. The van der Waals surface area contributed by atoms with Gasteiger partial charge in [-0.15, -0.1) is 5.10 Å². The quantitative estimate of drug-likeness (QED) is 0.761. The van der Waals surface area contributed by atoms with Gasteiger partial charge in [0.1, 0.15) is 0 Å². The van der Waals surface area contributed by atoms with Crippen LogP contribution in [0.4, 0.5) is 0 Å². The van der Waals surface area contributed by atoms with Crippen LogP contribution in [-0.2, 0) is 0 Å². The number of hydrogen-bond acceptors (Lipinski definition) is 2. The smallest absolute Gasteiger partial charge is 0.288 e. The van der Waals surface area contributed by atoms with E-state index in [1.807, 2.05) is 61.5 Å². The van der Waals surface area contributed by atoms with Crippen molar-refractivity contribution >= 4 is 0 Å². The fourth-order valence-electron chi connectivity index (χ4n) is 2.01. The maximum atomic E-state index is 12.0. The molecule has 0 aliphatic heterocycles. The molecule has 4 heteroatoms. The fraction of sp³-hybridized carbons (Fsp3) is 0.0667. The van der Waals surface area contributed by atoms with Gasteiger partial charge in [0.25, 0.3) is 0 Å². The van der Waals surface area contributed by atoms with Crippen LogP contribution in [-0.4, -0.2) is 14.8 Å². The predicted molar refractivity (Wildman–Crippen MR) is 74.4 cm³/mol. The Bertz CT molecular complexity index is 756. The lowest BCUT2D eigenvalue weighted by molar-refractivity contribution is 0.838. The number of hydrogen-bond donors (Lipinski definition) is 1. The highest BCUT2D eigenvalue weighted by atomic mass is 16.1. The molecule has 0 aliphatic carbocycles. The molecule has 1 N–H and O–H groups in total. The number of para-hydroxylation sites is 1. The van der Waals surface area contributed by atoms with E-state index in [1.165, 1.54) is 4.68 Å². The first-order valence-corrected chi connectivity index (χ1v) is 6.06. The lowest BCUT2D eigenvalue weighted by Gasteiger charge is -2.02. The molecule has 4 nitrogen and oxygen atoms in total. The molecule has 2 aromatic carbocycles. The standard InChI is InChI=1S/C15H13N3O/c1-11-7-5-6-10-13(11)18-15(19)16-14(17-18)12-8-3-2-4-9-12/h2-10H,1H3,(H,16,17,19). The second kappa shape index (κ2) is 4.57. The molecule has 0 atom stereocenters. The summed E-state index contributed by atoms with van der Waals surface area (Å²) in [6.45, 7) is 1.96. The van der Waals surface area contributed by atoms with Gasteiger partial charge in [-0.05, 0) is 18.6 Å². The van der Waals surface area contributed by atoms with Crippen LogP contribution in [0, 0.1) is 6.92 Å². The van der Waals surface area contributed by atoms with E-state index in [0.29, 0.717) is 5.82 Å². The summed E-state index contributed by atoms with van der Waals surface area (Å²) in [5, 5.41) is 4.36. The van der Waals surface area contributed by atoms with E-state index in [-0.39, 0.29) is 5.69 Å². The average molecular weight is 251 g/mol. The van der Waals surface area contributed by atoms with Crippen molar-refractivity contribution in [3.63, 3.8) is 0 Å². The van der Waals surface area contributed by atoms with Crippen molar-refractivity contribution in [2.45, 2.75) is 6.92 Å². The Kier molecular flexibility index (Phi) is 2.76. The molecule has 1 aromatic heterocycles. The largest absolute Gasteiger partial charge is 0.348 e. The van der Waals surface area contributed by atoms with Crippen molar-refractivity contribution in [1.29, 1.82) is 0 Å². The molecular weight excluding hydrogens is 238 g/mol. The van der Waals surface area contributed by atoms with E-state index in [9.17, 15) is 4.79 Å². The van der Waals surface area contributed by atoms with Crippen LogP contribution in [0.1, 0.15) is 5.56 Å². The molecule has 0 radical (unpaired) electrons. The third-order valence-electron chi connectivity index (χ3n) is 3.01. The molecule has 94 valence electrons. The minimum atomic E-state index is -0.229. The van der Waals surface area contributed by atoms with Crippen molar-refractivity contribution in [1.82, 2.24) is 14.8 Å². The summed E-state index contributed by atoms with van der Waals surface area (Å²) in [7, 11) is 0. The van der Waals surface area contributed by atoms with E-state index in [2.05, 4.69) is 10.1 Å². The van der Waals surface area contributed by atoms with Crippen LogP contribution in [0.2, 0.25) is 0 Å². The Labute approximate surface area is 110 Å². The van der Waals surface area contributed by atoms with Gasteiger partial charge < -0.3 is 0 Å². The number of nitrogens with one attached hydrogen (secondary N) is 1. The molecule has 0 aliphatic rings. The molecule has 3 rings (SSSR count). The highest BCUT2D eigenvalue weighted by molar-refractivity contribution is 5.54. The maximum Gasteiger partial charge on any atom is 0.348 e. The number of aryl methyl sites for hydroxylation is 1. The Balaban J connectivity index is 2.14. The first kappa shape index (κ1) is 11.5. The van der Waals surface area contributed by atoms with Gasteiger partial charge in [0.15, 0.2) is 5.82 Å². The maximum absolute atomic E-state index is 12.0. The zero-order valence-electron chi connectivity index (χ0n) is 10.5. The van der Waals surface area contributed by atoms with Crippen LogP contribution < -0.4 is 5.69 Å². The summed E-state index contributed by atoms with van der Waals surface area (Å²) in [6, 6.07) is 17.3. The molecule has 0 spiro atoms. The van der Waals surface area contributed by atoms with Gasteiger partial charge in [-0.25, -0.2) is 4.79 Å². The van der Waals surface area contributed by atoms with Gasteiger partial charge in [0.05, 0.1) is 5.69 Å². The van der Waals surface area contributed by atoms with E-state index in [0.717, 1.165) is 16.8 Å². The number of nitrogens with zero attached hydrogens (tertiary/aromatic N) is 2. The van der Waals surface area contributed by atoms with Crippen LogP contribution in [0.5, 0.6) is 0 Å². The molecule has 0 saturated carbocycles. The van der Waals surface area contributed by atoms with Gasteiger partial charge >= 0.3 is 5.69 Å². The first-order valence-electron chi connectivity index (χ1n) is 6.06. The summed E-state index contributed by atoms with van der Waals surface area (Å²) < 4.78 is 1.40. The summed E-state index contributed by atoms with van der Waals surface area (Å²) >= 11 is 0. The zero-order valence-corrected chi connectivity index (χ0v) is 10.5. The number of benzene rings is 2. The molecule has 19 heavy (non-hydrogen) atoms. The first-order chi connectivity index (χ1) is 9.25. The van der Waals surface area contributed by atoms with Gasteiger partial charge in [0, 0.05) is 5.56 Å². The number of aromatic amines is 1. The highest BCUT2D eigenvalue weighted by Gasteiger charge is 2.09. The van der Waals surface area contributed by atoms with Crippen molar-refractivity contribution in [2.24, 2.45) is 0 Å². The Morgan fingerprint density at radius 3 is 2.42 bits per heavy atom. The van der Waals surface area contributed by atoms with E-state index in [1.54, 1.807) is 0 Å². The summed E-state index contributed by atoms with van der Waals surface area (Å²) in [5.74, 6) is 0.578. The van der Waals surface area contributed by atoms with Crippen LogP contribution >= 0.6 is 0 Å². The molecule has 0 bridgehead atoms. The minimum Gasteiger partial charge on any atom is -0.288 e. The average Bonchev–Trinajstić information content (AvgIpc) is 2.82. The normalized spacial score (nSPS) is 10.6. The highest BCUT2D eigenvalue weighted by Crippen LogP contribution is 2.15. The van der Waals surface area contributed by atoms with Gasteiger partial charge in [-0.3, -0.25) is 4.98 Å². The minimum absolute atomic E-state index is 0.229. The SMILES string of the molecule is Cc1ccccc1-n1nc(-c2ccccc2)[nH]c1=O. The summed E-state index contributed by atoms with van der Waals surface area (Å²) in [5.41, 5.74) is 2.47. The Morgan fingerprint density at radius 2 is 1.68 bits per heavy atom. The molecular formula is C15H13N3O. The Morgan fingerprint density at radius 1 is 1.00 bits per heavy atom. The topological polar surface area (TPSA) is 50.7 Å². The number of H-pyrrole nitrogens is 1. The van der Waals surface area contributed by atoms with Crippen molar-refractivity contribution in [3.05, 3.63) is 70.6 Å². The lowest BCUT2D eigenvalue weighted by Crippen LogP contribution is -2.16. The van der Waals surface area contributed by atoms with Crippen LogP contribution in [0.3, 0.4) is 0 Å². The van der Waals surface area contributed by atoms with Crippen LogP contribution in [0.15, 0.2) is 59.4 Å². The third-order valence-corrected chi connectivity index (χ3v) is 3.01. The van der Waals surface area contributed by atoms with Crippen molar-refractivity contribution in [3.8, 4) is 17.1 Å². The van der Waals surface area contributed by atoms with Crippen molar-refractivity contribution < 1.29 is 0 Å². The second-order valence-corrected chi connectivity index (χ2v) is 4.34. The molecule has 0 amide bonds. The molecule has 0 unspecified atom stereocenters. The van der Waals surface area contributed by atoms with E-state index in [4.69, 9.17) is 0 Å². The van der Waals surface area contributed by atoms with Gasteiger partial charge in [-0.2, -0.15) is 4.68 Å². The zero-order chi connectivity index (χ0) is 13.2. The fourth-order valence-corrected chi connectivity index (χ4v) is 2.01. The second-order valence-electron chi connectivity index (χ2n) is 4.34. The summed E-state index contributed by atoms with van der Waals surface area (Å²) in [4.78, 5) is 14.8. The number of rotatable bonds is 2. The van der Waals surface area contributed by atoms with Gasteiger partial charge in [-0.1, -0.05) is 48.5 Å². The molecule has 0 fully saturated rings. The molecule has 1 heterocycles. The van der Waals surface area contributed by atoms with E-state index < -0.39 is 0 Å².